The van der Waals surface area contributed by atoms with Gasteiger partial charge in [0.2, 0.25) is 0 Å². The van der Waals surface area contributed by atoms with Gasteiger partial charge < -0.3 is 16.0 Å². The molecule has 1 aromatic heterocycles. The molecule has 1 aliphatic carbocycles. The number of amides is 2. The van der Waals surface area contributed by atoms with Crippen LogP contribution in [0, 0.1) is 23.2 Å². The lowest BCUT2D eigenvalue weighted by Gasteiger charge is -2.39. The number of nitrogens with zero attached hydrogens (tertiary/aromatic N) is 3. The number of fused-ring (bicyclic) bond motifs is 1. The summed E-state index contributed by atoms with van der Waals surface area (Å²) in [6.07, 6.45) is 7.24. The molecule has 1 saturated carbocycles. The van der Waals surface area contributed by atoms with Crippen LogP contribution >= 0.6 is 0 Å². The van der Waals surface area contributed by atoms with Gasteiger partial charge >= 0.3 is 6.03 Å². The van der Waals surface area contributed by atoms with Crippen LogP contribution in [0.2, 0.25) is 0 Å². The Hall–Kier alpha value is -2.65. The van der Waals surface area contributed by atoms with E-state index in [-0.39, 0.29) is 18.0 Å². The number of urea groups is 1. The van der Waals surface area contributed by atoms with Gasteiger partial charge in [-0.3, -0.25) is 4.98 Å². The summed E-state index contributed by atoms with van der Waals surface area (Å²) < 4.78 is 0. The Morgan fingerprint density at radius 3 is 2.93 bits per heavy atom. The van der Waals surface area contributed by atoms with Crippen molar-refractivity contribution >= 4 is 16.9 Å². The normalized spacial score (nSPS) is 26.9. The molecule has 0 bridgehead atoms. The lowest BCUT2D eigenvalue weighted by atomic mass is 9.83. The molecule has 2 aliphatic rings. The summed E-state index contributed by atoms with van der Waals surface area (Å²) in [4.78, 5) is 19.6. The molecule has 1 saturated heterocycles. The number of nitrogens with two attached hydrogens (primary N) is 1. The quantitative estimate of drug-likeness (QED) is 0.813. The number of carbonyl (C=O) groups is 1. The molecular weight excluding hydrogens is 374 g/mol. The molecule has 158 valence electrons. The Kier molecular flexibility index (Phi) is 6.19. The molecule has 3 N–H and O–H groups in total. The van der Waals surface area contributed by atoms with Crippen molar-refractivity contribution in [3.05, 3.63) is 41.6 Å². The van der Waals surface area contributed by atoms with Crippen molar-refractivity contribution in [3.8, 4) is 6.07 Å². The zero-order valence-electron chi connectivity index (χ0n) is 17.7. The van der Waals surface area contributed by atoms with Crippen LogP contribution < -0.4 is 11.1 Å². The number of hydrogen-bond acceptors (Lipinski definition) is 4. The first-order valence-electron chi connectivity index (χ1n) is 11.1. The highest BCUT2D eigenvalue weighted by atomic mass is 16.2. The summed E-state index contributed by atoms with van der Waals surface area (Å²) in [5, 5.41) is 13.7. The molecule has 1 aromatic carbocycles. The number of nitriles is 1. The number of likely N-dealkylation sites (tertiary alicyclic amines) is 1. The van der Waals surface area contributed by atoms with Crippen molar-refractivity contribution < 1.29 is 4.79 Å². The molecule has 6 nitrogen and oxygen atoms in total. The summed E-state index contributed by atoms with van der Waals surface area (Å²) in [7, 11) is 0. The fourth-order valence-corrected chi connectivity index (χ4v) is 5.31. The molecule has 2 aromatic rings. The zero-order chi connectivity index (χ0) is 21.1. The van der Waals surface area contributed by atoms with E-state index in [1.165, 1.54) is 12.0 Å². The third kappa shape index (κ3) is 4.13. The van der Waals surface area contributed by atoms with Crippen LogP contribution in [0.4, 0.5) is 4.79 Å². The topological polar surface area (TPSA) is 95.0 Å². The van der Waals surface area contributed by atoms with E-state index in [1.807, 2.05) is 29.2 Å². The zero-order valence-corrected chi connectivity index (χ0v) is 17.7. The fraction of sp³-hybridized carbons (Fsp3) is 0.542. The molecule has 30 heavy (non-hydrogen) atoms. The Morgan fingerprint density at radius 1 is 1.30 bits per heavy atom. The Labute approximate surface area is 178 Å². The molecule has 4 atom stereocenters. The molecule has 4 rings (SSSR count). The maximum Gasteiger partial charge on any atom is 0.317 e. The first kappa shape index (κ1) is 20.6. The van der Waals surface area contributed by atoms with E-state index in [0.717, 1.165) is 43.1 Å². The van der Waals surface area contributed by atoms with Crippen LogP contribution in [0.15, 0.2) is 30.5 Å². The van der Waals surface area contributed by atoms with Gasteiger partial charge in [0.15, 0.2) is 0 Å². The van der Waals surface area contributed by atoms with Crippen molar-refractivity contribution in [2.24, 2.45) is 17.6 Å². The Morgan fingerprint density at radius 2 is 2.13 bits per heavy atom. The second-order valence-corrected chi connectivity index (χ2v) is 8.99. The van der Waals surface area contributed by atoms with Crippen LogP contribution in [-0.4, -0.2) is 41.6 Å². The van der Waals surface area contributed by atoms with E-state index in [9.17, 15) is 10.1 Å². The largest absolute Gasteiger partial charge is 0.335 e. The van der Waals surface area contributed by atoms with E-state index >= 15 is 0 Å². The second-order valence-electron chi connectivity index (χ2n) is 8.99. The molecule has 0 spiro atoms. The van der Waals surface area contributed by atoms with E-state index in [1.54, 1.807) is 6.20 Å². The first-order chi connectivity index (χ1) is 14.6. The van der Waals surface area contributed by atoms with Crippen molar-refractivity contribution in [2.45, 2.75) is 51.0 Å². The number of aromatic nitrogens is 1. The number of nitrogens with one attached hydrogen (secondary N) is 1. The minimum Gasteiger partial charge on any atom is -0.335 e. The van der Waals surface area contributed by atoms with E-state index < -0.39 is 0 Å². The summed E-state index contributed by atoms with van der Waals surface area (Å²) in [5.74, 6) is 1.03. The van der Waals surface area contributed by atoms with E-state index in [2.05, 4.69) is 23.3 Å². The number of piperidine rings is 1. The maximum atomic E-state index is 13.1. The van der Waals surface area contributed by atoms with E-state index in [4.69, 9.17) is 5.73 Å². The van der Waals surface area contributed by atoms with Crippen molar-refractivity contribution in [1.82, 2.24) is 15.2 Å². The number of hydrogen-bond donors (Lipinski definition) is 2. The molecule has 1 aliphatic heterocycles. The highest BCUT2D eigenvalue weighted by molar-refractivity contribution is 5.87. The Bertz CT molecular complexity index is 952. The monoisotopic (exact) mass is 405 g/mol. The third-order valence-corrected chi connectivity index (χ3v) is 6.83. The predicted molar refractivity (Wildman–Crippen MR) is 118 cm³/mol. The van der Waals surface area contributed by atoms with Crippen LogP contribution in [0.3, 0.4) is 0 Å². The van der Waals surface area contributed by atoms with Gasteiger partial charge in [-0.1, -0.05) is 31.9 Å². The van der Waals surface area contributed by atoms with Crippen LogP contribution in [0.1, 0.15) is 56.1 Å². The fourth-order valence-electron chi connectivity index (χ4n) is 5.31. The second kappa shape index (κ2) is 9.01. The van der Waals surface area contributed by atoms with Gasteiger partial charge in [0.25, 0.3) is 0 Å². The van der Waals surface area contributed by atoms with Crippen molar-refractivity contribution in [3.63, 3.8) is 0 Å². The van der Waals surface area contributed by atoms with Crippen LogP contribution in [-0.2, 0) is 0 Å². The van der Waals surface area contributed by atoms with Crippen molar-refractivity contribution in [1.29, 1.82) is 5.26 Å². The molecule has 0 radical (unpaired) electrons. The molecule has 2 heterocycles. The molecule has 2 amide bonds. The van der Waals surface area contributed by atoms with Crippen LogP contribution in [0.25, 0.3) is 10.9 Å². The summed E-state index contributed by atoms with van der Waals surface area (Å²) in [6, 6.07) is 10.3. The minimum absolute atomic E-state index is 0.0352. The lowest BCUT2D eigenvalue weighted by molar-refractivity contribution is 0.149. The summed E-state index contributed by atoms with van der Waals surface area (Å²) >= 11 is 0. The average Bonchev–Trinajstić information content (AvgIpc) is 2.78. The number of pyridine rings is 1. The van der Waals surface area contributed by atoms with Crippen LogP contribution in [0.5, 0.6) is 0 Å². The highest BCUT2D eigenvalue weighted by Crippen LogP contribution is 2.35. The average molecular weight is 406 g/mol. The molecule has 2 fully saturated rings. The smallest absolute Gasteiger partial charge is 0.317 e. The molecule has 2 unspecified atom stereocenters. The van der Waals surface area contributed by atoms with Gasteiger partial charge in [0.1, 0.15) is 6.07 Å². The third-order valence-electron chi connectivity index (χ3n) is 6.83. The first-order valence-corrected chi connectivity index (χ1v) is 11.1. The van der Waals surface area contributed by atoms with E-state index in [0.29, 0.717) is 30.5 Å². The van der Waals surface area contributed by atoms with Gasteiger partial charge in [-0.05, 0) is 55.3 Å². The van der Waals surface area contributed by atoms with Gasteiger partial charge in [-0.25, -0.2) is 4.79 Å². The SMILES string of the molecule is C[C@@H]1C[C@H](c2ccc(C#N)c3ncccc23)CN(C(=O)NC2CCCCC2CN)C1. The summed E-state index contributed by atoms with van der Waals surface area (Å²) in [5.41, 5.74) is 8.48. The van der Waals surface area contributed by atoms with Gasteiger partial charge in [0, 0.05) is 36.6 Å². The maximum absolute atomic E-state index is 13.1. The lowest BCUT2D eigenvalue weighted by Crippen LogP contribution is -2.53. The summed E-state index contributed by atoms with van der Waals surface area (Å²) in [6.45, 7) is 4.30. The standard InChI is InChI=1S/C24H31N5O/c1-16-11-19(20-9-8-18(13-26)23-21(20)6-4-10-27-23)15-29(14-16)24(30)28-22-7-3-2-5-17(22)12-25/h4,6,8-10,16-17,19,22H,2-3,5,7,11-12,14-15,25H2,1H3,(H,28,30)/t16-,17?,19+,22?/m1/s1. The molecule has 6 heteroatoms. The van der Waals surface area contributed by atoms with Crippen molar-refractivity contribution in [2.75, 3.05) is 19.6 Å². The predicted octanol–water partition coefficient (Wildman–Crippen LogP) is 3.76. The Balaban J connectivity index is 1.55. The highest BCUT2D eigenvalue weighted by Gasteiger charge is 2.32. The van der Waals surface area contributed by atoms with Gasteiger partial charge in [0.05, 0.1) is 11.1 Å². The van der Waals surface area contributed by atoms with Gasteiger partial charge in [-0.2, -0.15) is 5.26 Å². The minimum atomic E-state index is 0.0352. The number of benzene rings is 1. The van der Waals surface area contributed by atoms with Gasteiger partial charge in [-0.15, -0.1) is 0 Å². The molecular formula is C24H31N5O. The number of rotatable bonds is 3. The number of carbonyl (C=O) groups excluding carboxylic acids is 1.